The SMILES string of the molecule is Cc1cn(C2CC3C(COC(CCl)N3O)O2)c(=O)[nH]c1=O. The standard InChI is InChI=1S/C12H16ClN3O5/c1-6-4-15(12(18)14-11(6)17)9-2-7-8(21-9)5-20-10(3-13)16(7)19/h4,7-10,19H,2-3,5H2,1H3,(H,14,17,18). The number of nitrogens with one attached hydrogen (secondary N) is 1. The van der Waals surface area contributed by atoms with Gasteiger partial charge in [0.05, 0.1) is 18.5 Å². The molecular formula is C12H16ClN3O5. The van der Waals surface area contributed by atoms with Crippen molar-refractivity contribution < 1.29 is 14.7 Å². The van der Waals surface area contributed by atoms with Gasteiger partial charge in [0.2, 0.25) is 0 Å². The predicted molar refractivity (Wildman–Crippen MR) is 72.5 cm³/mol. The Kier molecular flexibility index (Phi) is 3.89. The smallest absolute Gasteiger partial charge is 0.330 e. The molecule has 2 N–H and O–H groups in total. The highest BCUT2D eigenvalue weighted by atomic mass is 35.5. The second-order valence-corrected chi connectivity index (χ2v) is 5.54. The lowest BCUT2D eigenvalue weighted by molar-refractivity contribution is -0.277. The molecule has 9 heteroatoms. The number of rotatable bonds is 2. The fourth-order valence-corrected chi connectivity index (χ4v) is 2.96. The summed E-state index contributed by atoms with van der Waals surface area (Å²) >= 11 is 5.72. The highest BCUT2D eigenvalue weighted by molar-refractivity contribution is 6.18. The van der Waals surface area contributed by atoms with Crippen molar-refractivity contribution in [1.29, 1.82) is 0 Å². The van der Waals surface area contributed by atoms with Gasteiger partial charge in [0.25, 0.3) is 5.56 Å². The summed E-state index contributed by atoms with van der Waals surface area (Å²) < 4.78 is 12.5. The molecule has 21 heavy (non-hydrogen) atoms. The van der Waals surface area contributed by atoms with Gasteiger partial charge in [-0.15, -0.1) is 11.6 Å². The Morgan fingerprint density at radius 1 is 1.52 bits per heavy atom. The first-order valence-electron chi connectivity index (χ1n) is 6.63. The van der Waals surface area contributed by atoms with Gasteiger partial charge in [0, 0.05) is 18.2 Å². The Balaban J connectivity index is 1.86. The molecule has 0 spiro atoms. The summed E-state index contributed by atoms with van der Waals surface area (Å²) in [4.78, 5) is 25.5. The monoisotopic (exact) mass is 317 g/mol. The summed E-state index contributed by atoms with van der Waals surface area (Å²) in [6.45, 7) is 1.91. The number of ether oxygens (including phenoxy) is 2. The van der Waals surface area contributed by atoms with E-state index in [0.717, 1.165) is 5.06 Å². The second-order valence-electron chi connectivity index (χ2n) is 5.23. The molecule has 1 aromatic heterocycles. The van der Waals surface area contributed by atoms with Gasteiger partial charge in [0.1, 0.15) is 18.6 Å². The topological polar surface area (TPSA) is 96.8 Å². The van der Waals surface area contributed by atoms with Crippen molar-refractivity contribution in [2.24, 2.45) is 0 Å². The zero-order chi connectivity index (χ0) is 15.1. The molecule has 0 amide bonds. The van der Waals surface area contributed by atoms with Crippen LogP contribution in [-0.2, 0) is 9.47 Å². The van der Waals surface area contributed by atoms with Crippen LogP contribution in [0.25, 0.3) is 0 Å². The molecule has 3 rings (SSSR count). The molecule has 0 bridgehead atoms. The van der Waals surface area contributed by atoms with E-state index in [-0.39, 0.29) is 18.0 Å². The minimum Gasteiger partial charge on any atom is -0.357 e. The van der Waals surface area contributed by atoms with Crippen molar-refractivity contribution in [3.8, 4) is 0 Å². The molecule has 116 valence electrons. The summed E-state index contributed by atoms with van der Waals surface area (Å²) in [5.74, 6) is 0.141. The summed E-state index contributed by atoms with van der Waals surface area (Å²) in [6.07, 6.45) is 0.381. The predicted octanol–water partition coefficient (Wildman–Crippen LogP) is -0.213. The number of aromatic amines is 1. The Morgan fingerprint density at radius 2 is 2.29 bits per heavy atom. The maximum atomic E-state index is 11.9. The van der Waals surface area contributed by atoms with E-state index in [1.54, 1.807) is 6.92 Å². The lowest BCUT2D eigenvalue weighted by atomic mass is 10.1. The van der Waals surface area contributed by atoms with Crippen LogP contribution < -0.4 is 11.2 Å². The fourth-order valence-electron chi connectivity index (χ4n) is 2.73. The third-order valence-electron chi connectivity index (χ3n) is 3.88. The van der Waals surface area contributed by atoms with Crippen molar-refractivity contribution in [1.82, 2.24) is 14.6 Å². The van der Waals surface area contributed by atoms with Crippen molar-refractivity contribution in [2.75, 3.05) is 12.5 Å². The molecule has 4 atom stereocenters. The zero-order valence-corrected chi connectivity index (χ0v) is 12.1. The van der Waals surface area contributed by atoms with Crippen molar-refractivity contribution >= 4 is 11.6 Å². The second kappa shape index (κ2) is 5.54. The molecule has 1 aromatic rings. The van der Waals surface area contributed by atoms with Crippen LogP contribution in [0.5, 0.6) is 0 Å². The van der Waals surface area contributed by atoms with Crippen molar-refractivity contribution in [3.05, 3.63) is 32.6 Å². The highest BCUT2D eigenvalue weighted by Crippen LogP contribution is 2.34. The first-order valence-corrected chi connectivity index (χ1v) is 7.17. The summed E-state index contributed by atoms with van der Waals surface area (Å²) in [7, 11) is 0. The average molecular weight is 318 g/mol. The summed E-state index contributed by atoms with van der Waals surface area (Å²) in [5, 5.41) is 11.1. The van der Waals surface area contributed by atoms with Crippen LogP contribution >= 0.6 is 11.6 Å². The molecule has 2 fully saturated rings. The quantitative estimate of drug-likeness (QED) is 0.733. The van der Waals surface area contributed by atoms with Crippen LogP contribution in [0.4, 0.5) is 0 Å². The minimum absolute atomic E-state index is 0.141. The lowest BCUT2D eigenvalue weighted by Gasteiger charge is -2.37. The summed E-state index contributed by atoms with van der Waals surface area (Å²) in [5.41, 5.74) is -0.529. The molecule has 0 radical (unpaired) electrons. The van der Waals surface area contributed by atoms with E-state index in [0.29, 0.717) is 18.6 Å². The number of hydroxylamine groups is 2. The fraction of sp³-hybridized carbons (Fsp3) is 0.667. The molecule has 4 unspecified atom stereocenters. The molecule has 2 aliphatic rings. The van der Waals surface area contributed by atoms with E-state index < -0.39 is 23.7 Å². The largest absolute Gasteiger partial charge is 0.357 e. The first-order chi connectivity index (χ1) is 10.0. The highest BCUT2D eigenvalue weighted by Gasteiger charge is 2.45. The number of alkyl halides is 1. The Morgan fingerprint density at radius 3 is 3.00 bits per heavy atom. The molecule has 0 aromatic carbocycles. The number of fused-ring (bicyclic) bond motifs is 1. The summed E-state index contributed by atoms with van der Waals surface area (Å²) in [6, 6.07) is -0.299. The maximum absolute atomic E-state index is 11.9. The van der Waals surface area contributed by atoms with E-state index in [4.69, 9.17) is 21.1 Å². The third-order valence-corrected chi connectivity index (χ3v) is 4.14. The third kappa shape index (κ3) is 2.53. The number of halogens is 1. The van der Waals surface area contributed by atoms with Gasteiger partial charge in [0.15, 0.2) is 0 Å². The number of H-pyrrole nitrogens is 1. The van der Waals surface area contributed by atoms with Gasteiger partial charge >= 0.3 is 5.69 Å². The number of hydrogen-bond acceptors (Lipinski definition) is 6. The van der Waals surface area contributed by atoms with E-state index in [1.807, 2.05) is 0 Å². The van der Waals surface area contributed by atoms with Gasteiger partial charge in [-0.05, 0) is 6.92 Å². The van der Waals surface area contributed by atoms with Crippen LogP contribution in [-0.4, -0.2) is 50.7 Å². The van der Waals surface area contributed by atoms with Gasteiger partial charge in [-0.2, -0.15) is 5.06 Å². The Bertz CT molecular complexity index is 645. The molecule has 8 nitrogen and oxygen atoms in total. The molecule has 0 aliphatic carbocycles. The van der Waals surface area contributed by atoms with Crippen molar-refractivity contribution in [3.63, 3.8) is 0 Å². The van der Waals surface area contributed by atoms with Crippen LogP contribution in [0, 0.1) is 6.92 Å². The van der Waals surface area contributed by atoms with Crippen LogP contribution in [0.15, 0.2) is 15.8 Å². The number of aryl methyl sites for hydroxylation is 1. The lowest BCUT2D eigenvalue weighted by Crippen LogP contribution is -2.53. The molecule has 0 saturated carbocycles. The van der Waals surface area contributed by atoms with Gasteiger partial charge in [-0.1, -0.05) is 0 Å². The van der Waals surface area contributed by atoms with E-state index >= 15 is 0 Å². The number of nitrogens with zero attached hydrogens (tertiary/aromatic N) is 2. The van der Waals surface area contributed by atoms with Crippen LogP contribution in [0.1, 0.15) is 18.2 Å². The molecule has 2 saturated heterocycles. The van der Waals surface area contributed by atoms with Crippen LogP contribution in [0.3, 0.4) is 0 Å². The van der Waals surface area contributed by atoms with Crippen molar-refractivity contribution in [2.45, 2.75) is 37.9 Å². The van der Waals surface area contributed by atoms with Gasteiger partial charge in [-0.3, -0.25) is 14.3 Å². The van der Waals surface area contributed by atoms with Crippen LogP contribution in [0.2, 0.25) is 0 Å². The van der Waals surface area contributed by atoms with E-state index in [1.165, 1.54) is 10.8 Å². The van der Waals surface area contributed by atoms with E-state index in [2.05, 4.69) is 4.98 Å². The number of aromatic nitrogens is 2. The Hall–Kier alpha value is -1.19. The number of hydrogen-bond donors (Lipinski definition) is 2. The van der Waals surface area contributed by atoms with Gasteiger partial charge in [-0.25, -0.2) is 4.79 Å². The average Bonchev–Trinajstić information content (AvgIpc) is 2.88. The first kappa shape index (κ1) is 14.7. The maximum Gasteiger partial charge on any atom is 0.330 e. The molecule has 2 aliphatic heterocycles. The van der Waals surface area contributed by atoms with E-state index in [9.17, 15) is 14.8 Å². The molecule has 3 heterocycles. The minimum atomic E-state index is -0.579. The molecular weight excluding hydrogens is 302 g/mol. The normalized spacial score (nSPS) is 33.1. The zero-order valence-electron chi connectivity index (χ0n) is 11.4. The van der Waals surface area contributed by atoms with Gasteiger partial charge < -0.3 is 14.7 Å². The Labute approximate surface area is 124 Å².